The van der Waals surface area contributed by atoms with Crippen LogP contribution in [-0.2, 0) is 16.1 Å². The van der Waals surface area contributed by atoms with E-state index < -0.39 is 0 Å². The normalized spacial score (nSPS) is 13.1. The van der Waals surface area contributed by atoms with Crippen molar-refractivity contribution in [3.05, 3.63) is 71.8 Å². The quantitative estimate of drug-likeness (QED) is 0.551. The molecular weight excluding hydrogens is 260 g/mol. The number of hydrogen-bond donors (Lipinski definition) is 0. The Morgan fingerprint density at radius 3 is 2.00 bits per heavy atom. The highest BCUT2D eigenvalue weighted by atomic mass is 16.7. The molecule has 112 valence electrons. The summed E-state index contributed by atoms with van der Waals surface area (Å²) in [4.78, 5) is 0. The summed E-state index contributed by atoms with van der Waals surface area (Å²) >= 11 is 0. The number of hydrogen-bond acceptors (Lipinski definition) is 2. The van der Waals surface area contributed by atoms with E-state index in [4.69, 9.17) is 9.47 Å². The minimum absolute atomic E-state index is 0.0227. The van der Waals surface area contributed by atoms with Crippen LogP contribution in [0.5, 0.6) is 0 Å². The fourth-order valence-electron chi connectivity index (χ4n) is 2.32. The summed E-state index contributed by atoms with van der Waals surface area (Å²) in [5.74, 6) is 0. The molecule has 2 nitrogen and oxygen atoms in total. The van der Waals surface area contributed by atoms with Crippen molar-refractivity contribution in [3.63, 3.8) is 0 Å². The van der Waals surface area contributed by atoms with Gasteiger partial charge in [-0.3, -0.25) is 0 Å². The number of benzene rings is 2. The van der Waals surface area contributed by atoms with Crippen molar-refractivity contribution >= 4 is 0 Å². The van der Waals surface area contributed by atoms with Crippen LogP contribution in [0.2, 0.25) is 0 Å². The van der Waals surface area contributed by atoms with Gasteiger partial charge in [0.05, 0.1) is 12.7 Å². The fraction of sp³-hybridized carbons (Fsp3) is 0.368. The second kappa shape index (κ2) is 7.39. The third-order valence-corrected chi connectivity index (χ3v) is 3.32. The van der Waals surface area contributed by atoms with Crippen LogP contribution in [-0.4, -0.2) is 6.79 Å². The summed E-state index contributed by atoms with van der Waals surface area (Å²) in [6, 6.07) is 20.5. The van der Waals surface area contributed by atoms with Crippen LogP contribution in [0.4, 0.5) is 0 Å². The molecule has 0 saturated heterocycles. The average Bonchev–Trinajstić information content (AvgIpc) is 2.48. The van der Waals surface area contributed by atoms with Crippen LogP contribution in [0.25, 0.3) is 0 Å². The lowest BCUT2D eigenvalue weighted by atomic mass is 9.85. The predicted molar refractivity (Wildman–Crippen MR) is 85.8 cm³/mol. The maximum atomic E-state index is 5.99. The Labute approximate surface area is 127 Å². The molecule has 0 spiro atoms. The van der Waals surface area contributed by atoms with Gasteiger partial charge < -0.3 is 9.47 Å². The van der Waals surface area contributed by atoms with Crippen molar-refractivity contribution < 1.29 is 9.47 Å². The van der Waals surface area contributed by atoms with Gasteiger partial charge in [0.25, 0.3) is 0 Å². The molecule has 2 aromatic rings. The summed E-state index contributed by atoms with van der Waals surface area (Å²) in [6.45, 7) is 7.42. The molecule has 0 saturated carbocycles. The summed E-state index contributed by atoms with van der Waals surface area (Å²) in [7, 11) is 0. The Balaban J connectivity index is 1.89. The third-order valence-electron chi connectivity index (χ3n) is 3.32. The monoisotopic (exact) mass is 284 g/mol. The molecule has 0 radical (unpaired) electrons. The van der Waals surface area contributed by atoms with E-state index in [1.54, 1.807) is 0 Å². The standard InChI is InChI=1S/C19H24O2/c1-19(2,3)18(17-12-8-5-9-13-17)21-15-20-14-16-10-6-4-7-11-16/h4-13,18H,14-15H2,1-3H3. The highest BCUT2D eigenvalue weighted by Crippen LogP contribution is 2.35. The highest BCUT2D eigenvalue weighted by molar-refractivity contribution is 5.19. The lowest BCUT2D eigenvalue weighted by Crippen LogP contribution is -2.22. The average molecular weight is 284 g/mol. The Morgan fingerprint density at radius 2 is 1.43 bits per heavy atom. The summed E-state index contributed by atoms with van der Waals surface area (Å²) in [5.41, 5.74) is 2.37. The van der Waals surface area contributed by atoms with Crippen LogP contribution in [0.15, 0.2) is 60.7 Å². The molecule has 0 N–H and O–H groups in total. The van der Waals surface area contributed by atoms with Gasteiger partial charge in [-0.05, 0) is 16.5 Å². The van der Waals surface area contributed by atoms with Crippen molar-refractivity contribution in [2.75, 3.05) is 6.79 Å². The number of ether oxygens (including phenoxy) is 2. The topological polar surface area (TPSA) is 18.5 Å². The first-order valence-corrected chi connectivity index (χ1v) is 7.35. The molecule has 0 aromatic heterocycles. The zero-order valence-corrected chi connectivity index (χ0v) is 13.1. The molecule has 0 aliphatic rings. The smallest absolute Gasteiger partial charge is 0.148 e. The Hall–Kier alpha value is -1.64. The van der Waals surface area contributed by atoms with Gasteiger partial charge in [0, 0.05) is 0 Å². The van der Waals surface area contributed by atoms with Crippen molar-refractivity contribution in [3.8, 4) is 0 Å². The molecule has 1 unspecified atom stereocenters. The molecule has 0 heterocycles. The van der Waals surface area contributed by atoms with Gasteiger partial charge in [0.1, 0.15) is 6.79 Å². The molecule has 0 bridgehead atoms. The van der Waals surface area contributed by atoms with Crippen molar-refractivity contribution in [2.24, 2.45) is 5.41 Å². The van der Waals surface area contributed by atoms with Crippen LogP contribution < -0.4 is 0 Å². The molecule has 0 aliphatic carbocycles. The van der Waals surface area contributed by atoms with E-state index >= 15 is 0 Å². The van der Waals surface area contributed by atoms with Crippen LogP contribution in [0.3, 0.4) is 0 Å². The van der Waals surface area contributed by atoms with Crippen molar-refractivity contribution in [1.82, 2.24) is 0 Å². The minimum atomic E-state index is 0.0227. The van der Waals surface area contributed by atoms with Crippen molar-refractivity contribution in [2.45, 2.75) is 33.5 Å². The summed E-state index contributed by atoms with van der Waals surface area (Å²) in [5, 5.41) is 0. The molecule has 2 rings (SSSR count). The second-order valence-electron chi connectivity index (χ2n) is 6.28. The molecule has 0 amide bonds. The van der Waals surface area contributed by atoms with Gasteiger partial charge in [-0.1, -0.05) is 81.4 Å². The largest absolute Gasteiger partial charge is 0.351 e. The third kappa shape index (κ3) is 5.00. The zero-order valence-electron chi connectivity index (χ0n) is 13.1. The van der Waals surface area contributed by atoms with Gasteiger partial charge in [0.15, 0.2) is 0 Å². The first-order chi connectivity index (χ1) is 10.1. The predicted octanol–water partition coefficient (Wildman–Crippen LogP) is 4.96. The maximum Gasteiger partial charge on any atom is 0.148 e. The lowest BCUT2D eigenvalue weighted by molar-refractivity contribution is -0.128. The van der Waals surface area contributed by atoms with E-state index in [1.165, 1.54) is 5.56 Å². The SMILES string of the molecule is CC(C)(C)C(OCOCc1ccccc1)c1ccccc1. The van der Waals surface area contributed by atoms with Gasteiger partial charge in [-0.25, -0.2) is 0 Å². The molecule has 1 atom stereocenters. The summed E-state index contributed by atoms with van der Waals surface area (Å²) < 4.78 is 11.6. The fourth-order valence-corrected chi connectivity index (χ4v) is 2.32. The van der Waals surface area contributed by atoms with Gasteiger partial charge in [-0.15, -0.1) is 0 Å². The van der Waals surface area contributed by atoms with Crippen LogP contribution >= 0.6 is 0 Å². The van der Waals surface area contributed by atoms with Crippen molar-refractivity contribution in [1.29, 1.82) is 0 Å². The van der Waals surface area contributed by atoms with E-state index in [0.29, 0.717) is 13.4 Å². The molecule has 21 heavy (non-hydrogen) atoms. The van der Waals surface area contributed by atoms with Gasteiger partial charge >= 0.3 is 0 Å². The molecular formula is C19H24O2. The molecule has 2 aromatic carbocycles. The van der Waals surface area contributed by atoms with E-state index in [9.17, 15) is 0 Å². The Morgan fingerprint density at radius 1 is 0.857 bits per heavy atom. The molecule has 0 fully saturated rings. The first kappa shape index (κ1) is 15.7. The maximum absolute atomic E-state index is 5.99. The Kier molecular flexibility index (Phi) is 5.54. The molecule has 0 aliphatic heterocycles. The van der Waals surface area contributed by atoms with Gasteiger partial charge in [-0.2, -0.15) is 0 Å². The highest BCUT2D eigenvalue weighted by Gasteiger charge is 2.26. The van der Waals surface area contributed by atoms with Crippen LogP contribution in [0, 0.1) is 5.41 Å². The van der Waals surface area contributed by atoms with Gasteiger partial charge in [0.2, 0.25) is 0 Å². The molecule has 2 heteroatoms. The Bertz CT molecular complexity index is 514. The summed E-state index contributed by atoms with van der Waals surface area (Å²) in [6.07, 6.45) is 0.0227. The van der Waals surface area contributed by atoms with E-state index in [2.05, 4.69) is 45.0 Å². The first-order valence-electron chi connectivity index (χ1n) is 7.35. The second-order valence-corrected chi connectivity index (χ2v) is 6.28. The zero-order chi connectivity index (χ0) is 15.1. The van der Waals surface area contributed by atoms with E-state index in [0.717, 1.165) is 5.56 Å². The minimum Gasteiger partial charge on any atom is -0.351 e. The lowest BCUT2D eigenvalue weighted by Gasteiger charge is -2.31. The number of rotatable bonds is 6. The van der Waals surface area contributed by atoms with Crippen LogP contribution in [0.1, 0.15) is 38.0 Å². The van der Waals surface area contributed by atoms with E-state index in [1.807, 2.05) is 36.4 Å². The van der Waals surface area contributed by atoms with E-state index in [-0.39, 0.29) is 11.5 Å².